The van der Waals surface area contributed by atoms with Gasteiger partial charge < -0.3 is 5.32 Å². The number of hydrogen-bond donors (Lipinski definition) is 1. The second-order valence-corrected chi connectivity index (χ2v) is 11.1. The number of rotatable bonds is 10. The molecule has 1 aliphatic heterocycles. The average Bonchev–Trinajstić information content (AvgIpc) is 2.71. The number of amides is 1. The molecular formula is C23H39N3O3S. The van der Waals surface area contributed by atoms with Gasteiger partial charge in [0.1, 0.15) is 0 Å². The molecule has 1 saturated heterocycles. The smallest absolute Gasteiger partial charge is 0.281 e. The van der Waals surface area contributed by atoms with Gasteiger partial charge in [0.25, 0.3) is 10.2 Å². The van der Waals surface area contributed by atoms with Crippen LogP contribution < -0.4 is 5.32 Å². The van der Waals surface area contributed by atoms with Crippen molar-refractivity contribution < 1.29 is 13.2 Å². The summed E-state index contributed by atoms with van der Waals surface area (Å²) in [5.74, 6) is 0.435. The lowest BCUT2D eigenvalue weighted by molar-refractivity contribution is -0.126. The van der Waals surface area contributed by atoms with Crippen molar-refractivity contribution in [2.24, 2.45) is 17.8 Å². The van der Waals surface area contributed by atoms with Crippen LogP contribution in [0.1, 0.15) is 58.6 Å². The van der Waals surface area contributed by atoms with Crippen molar-refractivity contribution in [1.82, 2.24) is 13.9 Å². The Balaban J connectivity index is 1.89. The average molecular weight is 438 g/mol. The fourth-order valence-corrected chi connectivity index (χ4v) is 5.79. The molecule has 1 fully saturated rings. The summed E-state index contributed by atoms with van der Waals surface area (Å²) in [7, 11) is -3.49. The molecule has 30 heavy (non-hydrogen) atoms. The third-order valence-electron chi connectivity index (χ3n) is 5.51. The predicted molar refractivity (Wildman–Crippen MR) is 122 cm³/mol. The molecular weight excluding hydrogens is 398 g/mol. The van der Waals surface area contributed by atoms with Crippen molar-refractivity contribution in [1.29, 1.82) is 0 Å². The van der Waals surface area contributed by atoms with Crippen molar-refractivity contribution in [2.45, 2.75) is 60.4 Å². The lowest BCUT2D eigenvalue weighted by Crippen LogP contribution is -2.50. The number of hydrogen-bond acceptors (Lipinski definition) is 3. The predicted octanol–water partition coefficient (Wildman–Crippen LogP) is 3.44. The minimum absolute atomic E-state index is 0.0211. The van der Waals surface area contributed by atoms with Crippen molar-refractivity contribution in [3.63, 3.8) is 0 Å². The Bertz CT molecular complexity index is 757. The number of piperidine rings is 1. The summed E-state index contributed by atoms with van der Waals surface area (Å²) >= 11 is 0. The lowest BCUT2D eigenvalue weighted by atomic mass is 9.97. The molecule has 1 aliphatic rings. The van der Waals surface area contributed by atoms with Gasteiger partial charge in [-0.25, -0.2) is 0 Å². The zero-order valence-corrected chi connectivity index (χ0v) is 20.0. The summed E-state index contributed by atoms with van der Waals surface area (Å²) < 4.78 is 29.5. The van der Waals surface area contributed by atoms with Crippen molar-refractivity contribution in [2.75, 3.05) is 26.2 Å². The fraction of sp³-hybridized carbons (Fsp3) is 0.696. The molecule has 0 spiro atoms. The van der Waals surface area contributed by atoms with Gasteiger partial charge in [-0.2, -0.15) is 17.0 Å². The van der Waals surface area contributed by atoms with Gasteiger partial charge in [-0.3, -0.25) is 4.79 Å². The van der Waals surface area contributed by atoms with E-state index < -0.39 is 10.2 Å². The van der Waals surface area contributed by atoms with Crippen LogP contribution >= 0.6 is 0 Å². The molecule has 6 nitrogen and oxygen atoms in total. The van der Waals surface area contributed by atoms with E-state index in [0.29, 0.717) is 45.6 Å². The Morgan fingerprint density at radius 3 is 2.00 bits per heavy atom. The normalized spacial score (nSPS) is 16.5. The monoisotopic (exact) mass is 437 g/mol. The van der Waals surface area contributed by atoms with E-state index in [0.717, 1.165) is 12.0 Å². The van der Waals surface area contributed by atoms with Crippen LogP contribution in [0.4, 0.5) is 0 Å². The van der Waals surface area contributed by atoms with E-state index in [1.807, 2.05) is 39.8 Å². The first-order valence-electron chi connectivity index (χ1n) is 11.2. The maximum absolute atomic E-state index is 13.1. The Morgan fingerprint density at radius 2 is 1.53 bits per heavy atom. The topological polar surface area (TPSA) is 69.7 Å². The van der Waals surface area contributed by atoms with Gasteiger partial charge in [-0.05, 0) is 42.2 Å². The molecule has 0 unspecified atom stereocenters. The molecule has 0 bridgehead atoms. The van der Waals surface area contributed by atoms with E-state index in [9.17, 15) is 13.2 Å². The van der Waals surface area contributed by atoms with Crippen molar-refractivity contribution in [3.05, 3.63) is 35.4 Å². The third-order valence-corrected chi connectivity index (χ3v) is 7.48. The van der Waals surface area contributed by atoms with Crippen molar-refractivity contribution in [3.8, 4) is 0 Å². The molecule has 2 rings (SSSR count). The van der Waals surface area contributed by atoms with Gasteiger partial charge >= 0.3 is 0 Å². The molecule has 1 heterocycles. The van der Waals surface area contributed by atoms with Crippen LogP contribution in [0.3, 0.4) is 0 Å². The quantitative estimate of drug-likeness (QED) is 0.610. The van der Waals surface area contributed by atoms with E-state index in [2.05, 4.69) is 24.4 Å². The third kappa shape index (κ3) is 7.06. The molecule has 0 radical (unpaired) electrons. The van der Waals surface area contributed by atoms with Crippen LogP contribution in [-0.2, 0) is 28.0 Å². The Kier molecular flexibility index (Phi) is 9.31. The number of carbonyl (C=O) groups excluding carboxylic acids is 1. The summed E-state index contributed by atoms with van der Waals surface area (Å²) in [6.45, 7) is 12.6. The molecule has 7 heteroatoms. The van der Waals surface area contributed by atoms with Gasteiger partial charge in [0.15, 0.2) is 0 Å². The molecule has 1 amide bonds. The molecule has 1 N–H and O–H groups in total. The summed E-state index contributed by atoms with van der Waals surface area (Å²) in [6.07, 6.45) is 2.13. The second kappa shape index (κ2) is 11.3. The highest BCUT2D eigenvalue weighted by molar-refractivity contribution is 7.86. The maximum Gasteiger partial charge on any atom is 0.281 e. The van der Waals surface area contributed by atoms with Crippen molar-refractivity contribution >= 4 is 16.1 Å². The van der Waals surface area contributed by atoms with E-state index >= 15 is 0 Å². The molecule has 1 aromatic carbocycles. The van der Waals surface area contributed by atoms with Crippen LogP contribution in [0.5, 0.6) is 0 Å². The standard InChI is InChI=1S/C23H39N3O3S/c1-6-20-7-9-21(10-8-20)15-24-23(27)22-11-13-25(14-12-22)30(28,29)26(16-18(2)3)17-19(4)5/h7-10,18-19,22H,6,11-17H2,1-5H3,(H,24,27). The Labute approximate surface area is 183 Å². The number of benzene rings is 1. The zero-order chi connectivity index (χ0) is 22.3. The summed E-state index contributed by atoms with van der Waals surface area (Å²) in [5, 5.41) is 3.02. The van der Waals surface area contributed by atoms with Crippen LogP contribution in [0.25, 0.3) is 0 Å². The van der Waals surface area contributed by atoms with E-state index in [-0.39, 0.29) is 23.7 Å². The van der Waals surface area contributed by atoms with Gasteiger partial charge in [0.05, 0.1) is 0 Å². The Hall–Kier alpha value is -1.44. The molecule has 170 valence electrons. The lowest BCUT2D eigenvalue weighted by Gasteiger charge is -2.35. The van der Waals surface area contributed by atoms with Crippen LogP contribution in [0.15, 0.2) is 24.3 Å². The first-order chi connectivity index (χ1) is 14.1. The number of nitrogens with one attached hydrogen (secondary N) is 1. The number of carbonyl (C=O) groups is 1. The van der Waals surface area contributed by atoms with E-state index in [4.69, 9.17) is 0 Å². The van der Waals surface area contributed by atoms with E-state index in [1.165, 1.54) is 5.56 Å². The highest BCUT2D eigenvalue weighted by atomic mass is 32.2. The van der Waals surface area contributed by atoms with Crippen LogP contribution in [0, 0.1) is 17.8 Å². The van der Waals surface area contributed by atoms with Crippen LogP contribution in [0.2, 0.25) is 0 Å². The van der Waals surface area contributed by atoms with Gasteiger partial charge in [0.2, 0.25) is 5.91 Å². The van der Waals surface area contributed by atoms with Gasteiger partial charge in [-0.15, -0.1) is 0 Å². The van der Waals surface area contributed by atoms with Gasteiger partial charge in [0, 0.05) is 38.6 Å². The largest absolute Gasteiger partial charge is 0.352 e. The molecule has 0 saturated carbocycles. The Morgan fingerprint density at radius 1 is 1.03 bits per heavy atom. The molecule has 0 atom stereocenters. The highest BCUT2D eigenvalue weighted by Gasteiger charge is 2.35. The van der Waals surface area contributed by atoms with Crippen LogP contribution in [-0.4, -0.2) is 49.1 Å². The summed E-state index contributed by atoms with van der Waals surface area (Å²) in [5.41, 5.74) is 2.36. The zero-order valence-electron chi connectivity index (χ0n) is 19.2. The van der Waals surface area contributed by atoms with E-state index in [1.54, 1.807) is 8.61 Å². The highest BCUT2D eigenvalue weighted by Crippen LogP contribution is 2.23. The minimum atomic E-state index is -3.49. The number of aryl methyl sites for hydroxylation is 1. The first kappa shape index (κ1) is 24.8. The molecule has 0 aliphatic carbocycles. The summed E-state index contributed by atoms with van der Waals surface area (Å²) in [4.78, 5) is 12.6. The fourth-order valence-electron chi connectivity index (χ4n) is 3.82. The molecule has 0 aromatic heterocycles. The minimum Gasteiger partial charge on any atom is -0.352 e. The summed E-state index contributed by atoms with van der Waals surface area (Å²) in [6, 6.07) is 8.27. The number of nitrogens with zero attached hydrogens (tertiary/aromatic N) is 2. The first-order valence-corrected chi connectivity index (χ1v) is 12.6. The van der Waals surface area contributed by atoms with Gasteiger partial charge in [-0.1, -0.05) is 58.9 Å². The SMILES string of the molecule is CCc1ccc(CNC(=O)C2CCN(S(=O)(=O)N(CC(C)C)CC(C)C)CC2)cc1. The maximum atomic E-state index is 13.1. The second-order valence-electron chi connectivity index (χ2n) is 9.17. The molecule has 1 aromatic rings.